The van der Waals surface area contributed by atoms with Crippen LogP contribution in [-0.4, -0.2) is 24.5 Å². The van der Waals surface area contributed by atoms with Crippen LogP contribution in [0.3, 0.4) is 0 Å². The number of hydrazone groups is 1. The van der Waals surface area contributed by atoms with E-state index >= 15 is 0 Å². The van der Waals surface area contributed by atoms with Crippen LogP contribution in [0.2, 0.25) is 0 Å². The topological polar surface area (TPSA) is 140 Å². The van der Waals surface area contributed by atoms with Gasteiger partial charge in [-0.2, -0.15) is 5.10 Å². The van der Waals surface area contributed by atoms with Crippen LogP contribution >= 0.6 is 0 Å². The second kappa shape index (κ2) is 8.41. The number of furan rings is 1. The lowest BCUT2D eigenvalue weighted by Gasteiger charge is -2.07. The van der Waals surface area contributed by atoms with Crippen molar-refractivity contribution in [2.45, 2.75) is 11.4 Å². The number of sulfonamides is 1. The fraction of sp³-hybridized carbons (Fsp3) is 0.0588. The van der Waals surface area contributed by atoms with Crippen molar-refractivity contribution in [3.63, 3.8) is 0 Å². The van der Waals surface area contributed by atoms with E-state index in [0.717, 1.165) is 6.07 Å². The van der Waals surface area contributed by atoms with E-state index in [0.29, 0.717) is 11.5 Å². The summed E-state index contributed by atoms with van der Waals surface area (Å²) < 4.78 is 32.1. The monoisotopic (exact) mass is 401 g/mol. The quantitative estimate of drug-likeness (QED) is 0.336. The molecule has 0 bridgehead atoms. The van der Waals surface area contributed by atoms with Crippen LogP contribution in [0.15, 0.2) is 75.4 Å². The summed E-state index contributed by atoms with van der Waals surface area (Å²) in [6, 6.07) is 11.9. The zero-order valence-corrected chi connectivity index (χ0v) is 15.2. The van der Waals surface area contributed by atoms with E-state index in [1.807, 2.05) is 0 Å². The second-order valence-corrected chi connectivity index (χ2v) is 7.23. The number of pyridine rings is 1. The first-order valence-electron chi connectivity index (χ1n) is 7.96. The molecule has 0 saturated carbocycles. The molecule has 10 nitrogen and oxygen atoms in total. The highest BCUT2D eigenvalue weighted by molar-refractivity contribution is 7.89. The number of rotatable bonds is 8. The van der Waals surface area contributed by atoms with Gasteiger partial charge in [-0.15, -0.1) is 0 Å². The van der Waals surface area contributed by atoms with E-state index in [-0.39, 0.29) is 17.1 Å². The van der Waals surface area contributed by atoms with Crippen molar-refractivity contribution < 1.29 is 17.8 Å². The van der Waals surface area contributed by atoms with Crippen LogP contribution in [0.1, 0.15) is 11.5 Å². The first-order valence-corrected chi connectivity index (χ1v) is 9.44. The van der Waals surface area contributed by atoms with Gasteiger partial charge in [0.1, 0.15) is 11.4 Å². The Bertz CT molecular complexity index is 1080. The number of nitrogens with one attached hydrogen (secondary N) is 2. The zero-order valence-electron chi connectivity index (χ0n) is 14.3. The fourth-order valence-corrected chi connectivity index (χ4v) is 3.22. The Morgan fingerprint density at radius 3 is 2.75 bits per heavy atom. The van der Waals surface area contributed by atoms with Crippen LogP contribution in [0.25, 0.3) is 0 Å². The van der Waals surface area contributed by atoms with E-state index in [4.69, 9.17) is 4.42 Å². The molecule has 0 aliphatic heterocycles. The van der Waals surface area contributed by atoms with Crippen molar-refractivity contribution in [3.8, 4) is 0 Å². The molecule has 0 radical (unpaired) electrons. The summed E-state index contributed by atoms with van der Waals surface area (Å²) >= 11 is 0. The van der Waals surface area contributed by atoms with Gasteiger partial charge in [-0.3, -0.25) is 20.5 Å². The lowest BCUT2D eigenvalue weighted by atomic mass is 10.3. The summed E-state index contributed by atoms with van der Waals surface area (Å²) in [5, 5.41) is 15.2. The molecule has 0 fully saturated rings. The summed E-state index contributed by atoms with van der Waals surface area (Å²) in [4.78, 5) is 14.5. The van der Waals surface area contributed by atoms with Gasteiger partial charge in [-0.1, -0.05) is 6.07 Å². The standard InChI is InChI=1S/C17H15N5O5S/c23-22(24)17-10-15(28(25,26)20-12-14-5-3-9-27-14)6-7-16(17)21-19-11-13-4-1-2-8-18-13/h1-11,20-21H,12H2/b19-11-. The Morgan fingerprint density at radius 2 is 2.07 bits per heavy atom. The highest BCUT2D eigenvalue weighted by Crippen LogP contribution is 2.27. The molecule has 0 aliphatic rings. The largest absolute Gasteiger partial charge is 0.468 e. The van der Waals surface area contributed by atoms with Crippen LogP contribution in [-0.2, 0) is 16.6 Å². The Balaban J connectivity index is 1.78. The number of hydrogen-bond acceptors (Lipinski definition) is 8. The Labute approximate surface area is 160 Å². The van der Waals surface area contributed by atoms with Gasteiger partial charge < -0.3 is 4.42 Å². The molecule has 0 amide bonds. The van der Waals surface area contributed by atoms with Gasteiger partial charge in [0.25, 0.3) is 5.69 Å². The van der Waals surface area contributed by atoms with Gasteiger partial charge in [0.2, 0.25) is 10.0 Å². The third-order valence-electron chi connectivity index (χ3n) is 3.56. The maximum Gasteiger partial charge on any atom is 0.295 e. The third kappa shape index (κ3) is 4.78. The number of benzene rings is 1. The summed E-state index contributed by atoms with van der Waals surface area (Å²) in [6.07, 6.45) is 4.39. The molecule has 144 valence electrons. The van der Waals surface area contributed by atoms with E-state index in [2.05, 4.69) is 20.2 Å². The number of aromatic nitrogens is 1. The number of anilines is 1. The first-order chi connectivity index (χ1) is 13.5. The molecule has 0 saturated heterocycles. The van der Waals surface area contributed by atoms with Crippen molar-refractivity contribution in [3.05, 3.63) is 82.6 Å². The molecule has 28 heavy (non-hydrogen) atoms. The number of nitro groups is 1. The van der Waals surface area contributed by atoms with Gasteiger partial charge in [-0.05, 0) is 36.4 Å². The van der Waals surface area contributed by atoms with Crippen LogP contribution < -0.4 is 10.1 Å². The minimum atomic E-state index is -3.96. The van der Waals surface area contributed by atoms with Gasteiger partial charge in [-0.25, -0.2) is 13.1 Å². The molecule has 3 rings (SSSR count). The van der Waals surface area contributed by atoms with Crippen molar-refractivity contribution in [2.24, 2.45) is 5.10 Å². The zero-order chi connectivity index (χ0) is 20.0. The maximum absolute atomic E-state index is 12.4. The lowest BCUT2D eigenvalue weighted by Crippen LogP contribution is -2.23. The molecule has 0 unspecified atom stereocenters. The van der Waals surface area contributed by atoms with E-state index in [1.54, 1.807) is 36.5 Å². The van der Waals surface area contributed by atoms with Crippen LogP contribution in [0.5, 0.6) is 0 Å². The highest BCUT2D eigenvalue weighted by atomic mass is 32.2. The molecule has 3 aromatic rings. The molecule has 11 heteroatoms. The fourth-order valence-electron chi connectivity index (χ4n) is 2.21. The van der Waals surface area contributed by atoms with Crippen LogP contribution in [0.4, 0.5) is 11.4 Å². The lowest BCUT2D eigenvalue weighted by molar-refractivity contribution is -0.384. The Kier molecular flexibility index (Phi) is 5.77. The predicted molar refractivity (Wildman–Crippen MR) is 101 cm³/mol. The molecule has 1 aromatic carbocycles. The van der Waals surface area contributed by atoms with Crippen molar-refractivity contribution in [1.82, 2.24) is 9.71 Å². The summed E-state index contributed by atoms with van der Waals surface area (Å²) in [7, 11) is -3.96. The van der Waals surface area contributed by atoms with Gasteiger partial charge in [0.15, 0.2) is 0 Å². The summed E-state index contributed by atoms with van der Waals surface area (Å²) in [5.41, 5.74) is 2.70. The maximum atomic E-state index is 12.4. The molecular weight excluding hydrogens is 386 g/mol. The van der Waals surface area contributed by atoms with Crippen molar-refractivity contribution in [2.75, 3.05) is 5.43 Å². The normalized spacial score (nSPS) is 11.6. The minimum absolute atomic E-state index is 0.0437. The highest BCUT2D eigenvalue weighted by Gasteiger charge is 2.21. The molecular formula is C17H15N5O5S. The van der Waals surface area contributed by atoms with Crippen molar-refractivity contribution >= 4 is 27.6 Å². The average molecular weight is 401 g/mol. The predicted octanol–water partition coefficient (Wildman–Crippen LogP) is 2.51. The van der Waals surface area contributed by atoms with Crippen molar-refractivity contribution in [1.29, 1.82) is 0 Å². The van der Waals surface area contributed by atoms with Gasteiger partial charge in [0, 0.05) is 12.3 Å². The van der Waals surface area contributed by atoms with E-state index in [1.165, 1.54) is 24.6 Å². The van der Waals surface area contributed by atoms with E-state index in [9.17, 15) is 18.5 Å². The number of nitro benzene ring substituents is 1. The second-order valence-electron chi connectivity index (χ2n) is 5.46. The third-order valence-corrected chi connectivity index (χ3v) is 4.96. The Hall–Kier alpha value is -3.57. The van der Waals surface area contributed by atoms with Gasteiger partial charge in [0.05, 0.1) is 34.5 Å². The Morgan fingerprint density at radius 1 is 1.21 bits per heavy atom. The average Bonchev–Trinajstić information content (AvgIpc) is 3.21. The summed E-state index contributed by atoms with van der Waals surface area (Å²) in [6.45, 7) is -0.0719. The molecule has 0 aliphatic carbocycles. The van der Waals surface area contributed by atoms with Gasteiger partial charge >= 0.3 is 0 Å². The molecule has 0 atom stereocenters. The van der Waals surface area contributed by atoms with Crippen LogP contribution in [0, 0.1) is 10.1 Å². The smallest absolute Gasteiger partial charge is 0.295 e. The van der Waals surface area contributed by atoms with E-state index < -0.39 is 20.6 Å². The molecule has 2 N–H and O–H groups in total. The first kappa shape index (κ1) is 19.2. The summed E-state index contributed by atoms with van der Waals surface area (Å²) in [5.74, 6) is 0.417. The molecule has 2 heterocycles. The number of nitrogens with zero attached hydrogens (tertiary/aromatic N) is 3. The molecule has 0 spiro atoms. The molecule has 2 aromatic heterocycles. The number of hydrogen-bond donors (Lipinski definition) is 2. The minimum Gasteiger partial charge on any atom is -0.468 e. The SMILES string of the molecule is O=[N+]([O-])c1cc(S(=O)(=O)NCc2ccco2)ccc1N/N=C\c1ccccn1.